The summed E-state index contributed by atoms with van der Waals surface area (Å²) in [5.41, 5.74) is 1.26. The van der Waals surface area contributed by atoms with Gasteiger partial charge in [-0.1, -0.05) is 30.3 Å². The van der Waals surface area contributed by atoms with Gasteiger partial charge in [-0.3, -0.25) is 9.48 Å². The molecule has 2 aromatic rings. The lowest BCUT2D eigenvalue weighted by Gasteiger charge is -2.45. The van der Waals surface area contributed by atoms with Crippen LogP contribution in [0, 0.1) is 0 Å². The average Bonchev–Trinajstić information content (AvgIpc) is 3.31. The van der Waals surface area contributed by atoms with Gasteiger partial charge in [-0.15, -0.1) is 0 Å². The second-order valence-electron chi connectivity index (χ2n) is 7.19. The Kier molecular flexibility index (Phi) is 4.78. The van der Waals surface area contributed by atoms with Crippen LogP contribution in [0.4, 0.5) is 0 Å². The Morgan fingerprint density at radius 2 is 2.19 bits per heavy atom. The Hall–Kier alpha value is -2.18. The summed E-state index contributed by atoms with van der Waals surface area (Å²) in [6.45, 7) is 2.55. The van der Waals surface area contributed by atoms with Crippen molar-refractivity contribution < 1.29 is 14.3 Å². The number of benzene rings is 1. The average molecular weight is 355 g/mol. The van der Waals surface area contributed by atoms with E-state index >= 15 is 0 Å². The van der Waals surface area contributed by atoms with Gasteiger partial charge in [0.25, 0.3) is 5.91 Å². The van der Waals surface area contributed by atoms with Crippen LogP contribution in [0.5, 0.6) is 0 Å². The van der Waals surface area contributed by atoms with Crippen LogP contribution in [-0.2, 0) is 23.1 Å². The minimum absolute atomic E-state index is 0.0120. The lowest BCUT2D eigenvalue weighted by molar-refractivity contribution is -0.153. The fourth-order valence-corrected chi connectivity index (χ4v) is 4.01. The predicted octanol–water partition coefficient (Wildman–Crippen LogP) is 2.40. The molecule has 26 heavy (non-hydrogen) atoms. The molecule has 0 aliphatic carbocycles. The van der Waals surface area contributed by atoms with E-state index < -0.39 is 5.60 Å². The van der Waals surface area contributed by atoms with Crippen LogP contribution < -0.4 is 0 Å². The van der Waals surface area contributed by atoms with Crippen molar-refractivity contribution in [2.75, 3.05) is 19.7 Å². The third kappa shape index (κ3) is 3.39. The number of amides is 1. The predicted molar refractivity (Wildman–Crippen MR) is 96.7 cm³/mol. The molecule has 2 saturated heterocycles. The number of hydrogen-bond acceptors (Lipinski definition) is 4. The fourth-order valence-electron chi connectivity index (χ4n) is 4.01. The first-order valence-corrected chi connectivity index (χ1v) is 9.25. The van der Waals surface area contributed by atoms with Crippen LogP contribution in [0.2, 0.25) is 0 Å². The van der Waals surface area contributed by atoms with Gasteiger partial charge >= 0.3 is 0 Å². The van der Waals surface area contributed by atoms with Crippen molar-refractivity contribution in [2.45, 2.75) is 37.6 Å². The van der Waals surface area contributed by atoms with E-state index in [1.165, 1.54) is 0 Å². The number of rotatable bonds is 4. The molecule has 6 heteroatoms. The van der Waals surface area contributed by atoms with Gasteiger partial charge in [-0.25, -0.2) is 0 Å². The van der Waals surface area contributed by atoms with E-state index in [2.05, 4.69) is 17.2 Å². The number of likely N-dealkylation sites (tertiary alicyclic amines) is 1. The topological polar surface area (TPSA) is 56.6 Å². The lowest BCUT2D eigenvalue weighted by Crippen LogP contribution is -2.58. The van der Waals surface area contributed by atoms with Gasteiger partial charge in [-0.2, -0.15) is 5.10 Å². The maximum absolute atomic E-state index is 12.8. The molecule has 0 bridgehead atoms. The van der Waals surface area contributed by atoms with E-state index in [9.17, 15) is 4.79 Å². The highest BCUT2D eigenvalue weighted by Gasteiger charge is 2.48. The summed E-state index contributed by atoms with van der Waals surface area (Å²) in [5.74, 6) is -0.0259. The molecule has 0 saturated carbocycles. The van der Waals surface area contributed by atoms with E-state index in [0.29, 0.717) is 25.4 Å². The van der Waals surface area contributed by atoms with Crippen molar-refractivity contribution in [1.29, 1.82) is 0 Å². The van der Waals surface area contributed by atoms with Crippen molar-refractivity contribution in [1.82, 2.24) is 14.7 Å². The van der Waals surface area contributed by atoms with Crippen LogP contribution >= 0.6 is 0 Å². The summed E-state index contributed by atoms with van der Waals surface area (Å²) >= 11 is 0. The van der Waals surface area contributed by atoms with E-state index in [1.54, 1.807) is 16.9 Å². The Morgan fingerprint density at radius 3 is 2.88 bits per heavy atom. The van der Waals surface area contributed by atoms with Crippen LogP contribution in [-0.4, -0.2) is 52.0 Å². The summed E-state index contributed by atoms with van der Waals surface area (Å²) in [5, 5.41) is 4.25. The van der Waals surface area contributed by atoms with Gasteiger partial charge in [0.15, 0.2) is 0 Å². The SMILES string of the molecule is Cn1ccc(C(=O)N2CC[C@H](OCc3ccccc3)[C@]3(CCCO3)C2)n1. The smallest absolute Gasteiger partial charge is 0.274 e. The van der Waals surface area contributed by atoms with E-state index in [0.717, 1.165) is 31.4 Å². The first-order chi connectivity index (χ1) is 12.7. The molecule has 6 nitrogen and oxygen atoms in total. The molecule has 2 aliphatic rings. The second kappa shape index (κ2) is 7.21. The molecule has 2 fully saturated rings. The third-order valence-electron chi connectivity index (χ3n) is 5.35. The summed E-state index contributed by atoms with van der Waals surface area (Å²) in [7, 11) is 1.82. The minimum atomic E-state index is -0.391. The van der Waals surface area contributed by atoms with Crippen LogP contribution in [0.1, 0.15) is 35.3 Å². The zero-order valence-corrected chi connectivity index (χ0v) is 15.1. The van der Waals surface area contributed by atoms with Crippen molar-refractivity contribution >= 4 is 5.91 Å². The number of carbonyl (C=O) groups excluding carboxylic acids is 1. The van der Waals surface area contributed by atoms with Crippen molar-refractivity contribution in [3.8, 4) is 0 Å². The molecule has 0 N–H and O–H groups in total. The highest BCUT2D eigenvalue weighted by Crippen LogP contribution is 2.37. The van der Waals surface area contributed by atoms with Crippen molar-refractivity contribution in [3.63, 3.8) is 0 Å². The summed E-state index contributed by atoms with van der Waals surface area (Å²) in [6.07, 6.45) is 4.53. The number of aromatic nitrogens is 2. The highest BCUT2D eigenvalue weighted by molar-refractivity contribution is 5.92. The van der Waals surface area contributed by atoms with Crippen LogP contribution in [0.25, 0.3) is 0 Å². The molecular weight excluding hydrogens is 330 g/mol. The number of nitrogens with zero attached hydrogens (tertiary/aromatic N) is 3. The number of aryl methyl sites for hydroxylation is 1. The third-order valence-corrected chi connectivity index (χ3v) is 5.35. The molecule has 1 amide bonds. The number of piperidine rings is 1. The zero-order chi connectivity index (χ0) is 18.0. The molecule has 0 radical (unpaired) electrons. The number of hydrogen-bond donors (Lipinski definition) is 0. The highest BCUT2D eigenvalue weighted by atomic mass is 16.6. The second-order valence-corrected chi connectivity index (χ2v) is 7.19. The Balaban J connectivity index is 1.46. The number of ether oxygens (including phenoxy) is 2. The van der Waals surface area contributed by atoms with Crippen molar-refractivity contribution in [2.24, 2.45) is 7.05 Å². The van der Waals surface area contributed by atoms with Gasteiger partial charge in [0, 0.05) is 26.4 Å². The summed E-state index contributed by atoms with van der Waals surface area (Å²) in [6, 6.07) is 12.0. The summed E-state index contributed by atoms with van der Waals surface area (Å²) in [4.78, 5) is 14.7. The minimum Gasteiger partial charge on any atom is -0.370 e. The van der Waals surface area contributed by atoms with Gasteiger partial charge in [-0.05, 0) is 30.9 Å². The molecule has 0 unspecified atom stereocenters. The molecule has 1 aromatic carbocycles. The van der Waals surface area contributed by atoms with Gasteiger partial charge in [0.2, 0.25) is 0 Å². The van der Waals surface area contributed by atoms with Gasteiger partial charge < -0.3 is 14.4 Å². The van der Waals surface area contributed by atoms with E-state index in [1.807, 2.05) is 30.1 Å². The standard InChI is InChI=1S/C20H25N3O3/c1-22-11-8-17(21-22)19(24)23-12-9-18(20(15-23)10-5-13-26-20)25-14-16-6-3-2-4-7-16/h2-4,6-8,11,18H,5,9-10,12-15H2,1H3/t18-,20-/m0/s1. The first kappa shape index (κ1) is 17.2. The number of carbonyl (C=O) groups is 1. The zero-order valence-electron chi connectivity index (χ0n) is 15.1. The molecule has 1 aromatic heterocycles. The monoisotopic (exact) mass is 355 g/mol. The molecule has 2 aliphatic heterocycles. The van der Waals surface area contributed by atoms with Gasteiger partial charge in [0.1, 0.15) is 11.3 Å². The maximum Gasteiger partial charge on any atom is 0.274 e. The fraction of sp³-hybridized carbons (Fsp3) is 0.500. The molecule has 4 rings (SSSR count). The Labute approximate surface area is 153 Å². The van der Waals surface area contributed by atoms with E-state index in [-0.39, 0.29) is 12.0 Å². The molecule has 2 atom stereocenters. The summed E-state index contributed by atoms with van der Waals surface area (Å²) < 4.78 is 14.1. The van der Waals surface area contributed by atoms with Gasteiger partial charge in [0.05, 0.1) is 19.3 Å². The molecule has 3 heterocycles. The Bertz CT molecular complexity index is 753. The maximum atomic E-state index is 12.8. The van der Waals surface area contributed by atoms with E-state index in [4.69, 9.17) is 9.47 Å². The van der Waals surface area contributed by atoms with Crippen LogP contribution in [0.3, 0.4) is 0 Å². The first-order valence-electron chi connectivity index (χ1n) is 9.25. The normalized spacial score (nSPS) is 25.7. The lowest BCUT2D eigenvalue weighted by atomic mass is 9.86. The molecule has 1 spiro atoms. The van der Waals surface area contributed by atoms with Crippen LogP contribution in [0.15, 0.2) is 42.6 Å². The molecule has 138 valence electrons. The van der Waals surface area contributed by atoms with Crippen molar-refractivity contribution in [3.05, 3.63) is 53.9 Å². The quantitative estimate of drug-likeness (QED) is 0.845. The largest absolute Gasteiger partial charge is 0.370 e. The Morgan fingerprint density at radius 1 is 1.35 bits per heavy atom. The molecular formula is C20H25N3O3.